The van der Waals surface area contributed by atoms with Gasteiger partial charge in [0.25, 0.3) is 10.0 Å². The largest absolute Gasteiger partial charge is 0.490 e. The quantitative estimate of drug-likeness (QED) is 0.676. The zero-order chi connectivity index (χ0) is 20.0. The van der Waals surface area contributed by atoms with Gasteiger partial charge in [0.05, 0.1) is 29.4 Å². The molecule has 0 saturated heterocycles. The van der Waals surface area contributed by atoms with Gasteiger partial charge in [-0.3, -0.25) is 4.72 Å². The Bertz CT molecular complexity index is 924. The van der Waals surface area contributed by atoms with E-state index in [1.165, 1.54) is 30.3 Å². The zero-order valence-electron chi connectivity index (χ0n) is 15.5. The monoisotopic (exact) mass is 393 g/mol. The molecule has 7 nitrogen and oxygen atoms in total. The Labute approximate surface area is 159 Å². The molecule has 0 aliphatic carbocycles. The standard InChI is InChI=1S/C19H23NO6S/c1-4-13-7-8-14(19(21)22)11-16(13)20-27(23,24)15-9-10-17(25-5-2)18(12-15)26-6-3/h7-12,20H,4-6H2,1-3H3,(H,21,22). The van der Waals surface area contributed by atoms with E-state index in [-0.39, 0.29) is 16.1 Å². The van der Waals surface area contributed by atoms with Crippen LogP contribution in [-0.4, -0.2) is 32.7 Å². The minimum atomic E-state index is -3.94. The molecule has 0 bridgehead atoms. The average Bonchev–Trinajstić information content (AvgIpc) is 2.63. The van der Waals surface area contributed by atoms with Crippen LogP contribution < -0.4 is 14.2 Å². The Kier molecular flexibility index (Phi) is 6.68. The molecular formula is C19H23NO6S. The number of hydrogen-bond donors (Lipinski definition) is 2. The number of aromatic carboxylic acids is 1. The van der Waals surface area contributed by atoms with Crippen LogP contribution in [0.5, 0.6) is 11.5 Å². The highest BCUT2D eigenvalue weighted by Crippen LogP contribution is 2.31. The SMILES string of the molecule is CCOc1ccc(S(=O)(=O)Nc2cc(C(=O)O)ccc2CC)cc1OCC. The topological polar surface area (TPSA) is 102 Å². The van der Waals surface area contributed by atoms with Crippen molar-refractivity contribution >= 4 is 21.7 Å². The molecule has 2 rings (SSSR count). The number of hydrogen-bond acceptors (Lipinski definition) is 5. The second kappa shape index (κ2) is 8.77. The van der Waals surface area contributed by atoms with Crippen LogP contribution in [-0.2, 0) is 16.4 Å². The van der Waals surface area contributed by atoms with Gasteiger partial charge in [-0.1, -0.05) is 13.0 Å². The Balaban J connectivity index is 2.43. The summed E-state index contributed by atoms with van der Waals surface area (Å²) in [4.78, 5) is 11.2. The number of rotatable bonds is 9. The van der Waals surface area contributed by atoms with E-state index >= 15 is 0 Å². The van der Waals surface area contributed by atoms with Crippen molar-refractivity contribution in [2.45, 2.75) is 32.1 Å². The minimum absolute atomic E-state index is 0.00261. The molecule has 2 N–H and O–H groups in total. The predicted molar refractivity (Wildman–Crippen MR) is 102 cm³/mol. The fourth-order valence-corrected chi connectivity index (χ4v) is 3.62. The van der Waals surface area contributed by atoms with Crippen molar-refractivity contribution in [2.24, 2.45) is 0 Å². The molecule has 0 fully saturated rings. The molecule has 0 aromatic heterocycles. The van der Waals surface area contributed by atoms with Crippen LogP contribution in [0.2, 0.25) is 0 Å². The van der Waals surface area contributed by atoms with E-state index in [0.717, 1.165) is 0 Å². The van der Waals surface area contributed by atoms with Crippen molar-refractivity contribution in [3.05, 3.63) is 47.5 Å². The Morgan fingerprint density at radius 2 is 1.67 bits per heavy atom. The number of nitrogens with one attached hydrogen (secondary N) is 1. The summed E-state index contributed by atoms with van der Waals surface area (Å²) in [7, 11) is -3.94. The van der Waals surface area contributed by atoms with Crippen molar-refractivity contribution in [1.82, 2.24) is 0 Å². The summed E-state index contributed by atoms with van der Waals surface area (Å²) >= 11 is 0. The summed E-state index contributed by atoms with van der Waals surface area (Å²) in [6, 6.07) is 8.72. The van der Waals surface area contributed by atoms with E-state index < -0.39 is 16.0 Å². The molecule has 146 valence electrons. The van der Waals surface area contributed by atoms with Gasteiger partial charge in [-0.05, 0) is 50.1 Å². The van der Waals surface area contributed by atoms with Gasteiger partial charge in [-0.25, -0.2) is 13.2 Å². The zero-order valence-corrected chi connectivity index (χ0v) is 16.3. The second-order valence-corrected chi connectivity index (χ2v) is 7.29. The number of anilines is 1. The van der Waals surface area contributed by atoms with Gasteiger partial charge in [-0.15, -0.1) is 0 Å². The van der Waals surface area contributed by atoms with Crippen LogP contribution in [0.15, 0.2) is 41.3 Å². The maximum Gasteiger partial charge on any atom is 0.335 e. The van der Waals surface area contributed by atoms with Crippen molar-refractivity contribution in [3.8, 4) is 11.5 Å². The first-order valence-electron chi connectivity index (χ1n) is 8.61. The lowest BCUT2D eigenvalue weighted by molar-refractivity contribution is 0.0697. The van der Waals surface area contributed by atoms with E-state index in [0.29, 0.717) is 36.7 Å². The lowest BCUT2D eigenvalue weighted by Gasteiger charge is -2.15. The first-order chi connectivity index (χ1) is 12.8. The number of ether oxygens (including phenoxy) is 2. The maximum absolute atomic E-state index is 12.8. The summed E-state index contributed by atoms with van der Waals surface area (Å²) in [5.74, 6) is -0.338. The summed E-state index contributed by atoms with van der Waals surface area (Å²) in [6.07, 6.45) is 0.547. The first-order valence-corrected chi connectivity index (χ1v) is 10.1. The molecule has 27 heavy (non-hydrogen) atoms. The van der Waals surface area contributed by atoms with Crippen LogP contribution >= 0.6 is 0 Å². The summed E-state index contributed by atoms with van der Waals surface area (Å²) in [6.45, 7) is 6.26. The molecule has 0 heterocycles. The Morgan fingerprint density at radius 1 is 1.00 bits per heavy atom. The minimum Gasteiger partial charge on any atom is -0.490 e. The highest BCUT2D eigenvalue weighted by Gasteiger charge is 2.19. The molecule has 0 aliphatic rings. The normalized spacial score (nSPS) is 11.1. The fraction of sp³-hybridized carbons (Fsp3) is 0.316. The average molecular weight is 393 g/mol. The summed E-state index contributed by atoms with van der Waals surface area (Å²) in [5.41, 5.74) is 0.940. The molecule has 0 unspecified atom stereocenters. The summed E-state index contributed by atoms with van der Waals surface area (Å²) in [5, 5.41) is 9.16. The second-order valence-electron chi connectivity index (χ2n) is 5.61. The Morgan fingerprint density at radius 3 is 2.26 bits per heavy atom. The van der Waals surface area contributed by atoms with E-state index in [1.54, 1.807) is 13.0 Å². The fourth-order valence-electron chi connectivity index (χ4n) is 2.52. The molecular weight excluding hydrogens is 370 g/mol. The van der Waals surface area contributed by atoms with Gasteiger partial charge in [-0.2, -0.15) is 0 Å². The summed E-state index contributed by atoms with van der Waals surface area (Å²) < 4.78 is 39.1. The molecule has 2 aromatic rings. The molecule has 0 amide bonds. The smallest absolute Gasteiger partial charge is 0.335 e. The third kappa shape index (κ3) is 4.91. The number of carboxylic acid groups (broad SMARTS) is 1. The lowest BCUT2D eigenvalue weighted by Crippen LogP contribution is -2.15. The van der Waals surface area contributed by atoms with E-state index in [9.17, 15) is 13.2 Å². The van der Waals surface area contributed by atoms with Crippen LogP contribution in [0.1, 0.15) is 36.7 Å². The van der Waals surface area contributed by atoms with Crippen LogP contribution in [0.3, 0.4) is 0 Å². The van der Waals surface area contributed by atoms with Gasteiger partial charge in [0.1, 0.15) is 0 Å². The van der Waals surface area contributed by atoms with Crippen molar-refractivity contribution in [3.63, 3.8) is 0 Å². The number of benzene rings is 2. The predicted octanol–water partition coefficient (Wildman–Crippen LogP) is 3.55. The third-order valence-corrected chi connectivity index (χ3v) is 5.17. The van der Waals surface area contributed by atoms with Crippen molar-refractivity contribution in [1.29, 1.82) is 0 Å². The molecule has 0 aliphatic heterocycles. The van der Waals surface area contributed by atoms with Gasteiger partial charge in [0.2, 0.25) is 0 Å². The Hall–Kier alpha value is -2.74. The van der Waals surface area contributed by atoms with E-state index in [1.807, 2.05) is 13.8 Å². The highest BCUT2D eigenvalue weighted by atomic mass is 32.2. The molecule has 2 aromatic carbocycles. The van der Waals surface area contributed by atoms with Gasteiger partial charge >= 0.3 is 5.97 Å². The van der Waals surface area contributed by atoms with Gasteiger partial charge in [0.15, 0.2) is 11.5 Å². The molecule has 8 heteroatoms. The third-order valence-electron chi connectivity index (χ3n) is 3.81. The molecule has 0 atom stereocenters. The number of carbonyl (C=O) groups is 1. The van der Waals surface area contributed by atoms with Crippen molar-refractivity contribution in [2.75, 3.05) is 17.9 Å². The maximum atomic E-state index is 12.8. The number of carboxylic acids is 1. The molecule has 0 spiro atoms. The van der Waals surface area contributed by atoms with Crippen LogP contribution in [0.25, 0.3) is 0 Å². The van der Waals surface area contributed by atoms with Crippen molar-refractivity contribution < 1.29 is 27.8 Å². The van der Waals surface area contributed by atoms with E-state index in [2.05, 4.69) is 4.72 Å². The number of sulfonamides is 1. The number of aryl methyl sites for hydroxylation is 1. The van der Waals surface area contributed by atoms with Gasteiger partial charge < -0.3 is 14.6 Å². The lowest BCUT2D eigenvalue weighted by atomic mass is 10.1. The molecule has 0 saturated carbocycles. The van der Waals surface area contributed by atoms with Gasteiger partial charge in [0, 0.05) is 6.07 Å². The van der Waals surface area contributed by atoms with Crippen LogP contribution in [0.4, 0.5) is 5.69 Å². The van der Waals surface area contributed by atoms with E-state index in [4.69, 9.17) is 14.6 Å². The first kappa shape index (κ1) is 20.6. The highest BCUT2D eigenvalue weighted by molar-refractivity contribution is 7.92. The molecule has 0 radical (unpaired) electrons. The van der Waals surface area contributed by atoms with Crippen LogP contribution in [0, 0.1) is 0 Å².